The molecule has 1 saturated carbocycles. The lowest BCUT2D eigenvalue weighted by molar-refractivity contribution is 0.390. The lowest BCUT2D eigenvalue weighted by Gasteiger charge is -2.19. The minimum Gasteiger partial charge on any atom is -0.309 e. The highest BCUT2D eigenvalue weighted by Gasteiger charge is 2.25. The summed E-state index contributed by atoms with van der Waals surface area (Å²) in [5, 5.41) is 5.99. The number of nitrogens with one attached hydrogen (secondary N) is 1. The van der Waals surface area contributed by atoms with E-state index in [9.17, 15) is 0 Å². The van der Waals surface area contributed by atoms with E-state index in [0.717, 1.165) is 18.5 Å². The zero-order chi connectivity index (χ0) is 11.4. The molecule has 0 amide bonds. The zero-order valence-electron chi connectivity index (χ0n) is 10.5. The maximum absolute atomic E-state index is 3.77. The Balaban J connectivity index is 1.87. The molecule has 1 fully saturated rings. The lowest BCUT2D eigenvalue weighted by Crippen LogP contribution is -2.31. The second-order valence-corrected chi connectivity index (χ2v) is 5.81. The van der Waals surface area contributed by atoms with Crippen molar-refractivity contribution < 1.29 is 0 Å². The zero-order valence-corrected chi connectivity index (χ0v) is 11.3. The topological polar surface area (TPSA) is 12.0 Å². The minimum absolute atomic E-state index is 0.775. The molecule has 0 aromatic carbocycles. The van der Waals surface area contributed by atoms with Crippen molar-refractivity contribution in [1.29, 1.82) is 0 Å². The fraction of sp³-hybridized carbons (Fsp3) is 0.714. The molecular formula is C14H23NS. The van der Waals surface area contributed by atoms with Crippen LogP contribution in [0.5, 0.6) is 0 Å². The predicted molar refractivity (Wildman–Crippen MR) is 72.0 cm³/mol. The van der Waals surface area contributed by atoms with Gasteiger partial charge in [-0.3, -0.25) is 0 Å². The van der Waals surface area contributed by atoms with Crippen molar-refractivity contribution in [2.24, 2.45) is 5.92 Å². The van der Waals surface area contributed by atoms with Crippen LogP contribution < -0.4 is 5.32 Å². The first kappa shape index (κ1) is 12.1. The second kappa shape index (κ2) is 5.83. The van der Waals surface area contributed by atoms with Gasteiger partial charge in [0.05, 0.1) is 0 Å². The third-order valence-corrected chi connectivity index (χ3v) is 4.89. The molecule has 1 heterocycles. The smallest absolute Gasteiger partial charge is 0.0305 e. The molecular weight excluding hydrogens is 214 g/mol. The van der Waals surface area contributed by atoms with Gasteiger partial charge in [-0.2, -0.15) is 0 Å². The van der Waals surface area contributed by atoms with Gasteiger partial charge in [0.2, 0.25) is 0 Å². The summed E-state index contributed by atoms with van der Waals surface area (Å²) in [6.45, 7) is 5.66. The van der Waals surface area contributed by atoms with Crippen LogP contribution in [0.1, 0.15) is 50.0 Å². The van der Waals surface area contributed by atoms with Gasteiger partial charge >= 0.3 is 0 Å². The maximum Gasteiger partial charge on any atom is 0.0305 e. The molecule has 0 saturated heterocycles. The van der Waals surface area contributed by atoms with Gasteiger partial charge in [-0.25, -0.2) is 0 Å². The monoisotopic (exact) mass is 237 g/mol. The first-order chi connectivity index (χ1) is 7.85. The molecule has 0 spiro atoms. The van der Waals surface area contributed by atoms with Crippen LogP contribution in [-0.2, 0) is 13.0 Å². The second-order valence-electron chi connectivity index (χ2n) is 4.81. The first-order valence-corrected chi connectivity index (χ1v) is 7.51. The Hall–Kier alpha value is -0.340. The Labute approximate surface area is 103 Å². The summed E-state index contributed by atoms with van der Waals surface area (Å²) in [6.07, 6.45) is 6.73. The van der Waals surface area contributed by atoms with E-state index in [-0.39, 0.29) is 0 Å². The van der Waals surface area contributed by atoms with Crippen LogP contribution in [0.25, 0.3) is 0 Å². The van der Waals surface area contributed by atoms with Crippen molar-refractivity contribution in [2.75, 3.05) is 0 Å². The summed E-state index contributed by atoms with van der Waals surface area (Å²) in [5.74, 6) is 0.921. The Morgan fingerprint density at radius 2 is 2.25 bits per heavy atom. The third kappa shape index (κ3) is 2.67. The molecule has 2 atom stereocenters. The van der Waals surface area contributed by atoms with Crippen molar-refractivity contribution >= 4 is 11.3 Å². The average Bonchev–Trinajstić information content (AvgIpc) is 2.94. The minimum atomic E-state index is 0.775. The van der Waals surface area contributed by atoms with Gasteiger partial charge in [0.15, 0.2) is 0 Å². The molecule has 0 bridgehead atoms. The standard InChI is InChI=1S/C14H23NS/c1-3-11-6-5-7-13(11)15-10-14-12(4-2)8-9-16-14/h8-9,11,13,15H,3-7,10H2,1-2H3. The molecule has 1 aliphatic carbocycles. The summed E-state index contributed by atoms with van der Waals surface area (Å²) >= 11 is 1.90. The summed E-state index contributed by atoms with van der Waals surface area (Å²) in [7, 11) is 0. The van der Waals surface area contributed by atoms with Crippen molar-refractivity contribution in [1.82, 2.24) is 5.32 Å². The van der Waals surface area contributed by atoms with Crippen molar-refractivity contribution in [3.8, 4) is 0 Å². The van der Waals surface area contributed by atoms with E-state index in [2.05, 4.69) is 30.6 Å². The molecule has 90 valence electrons. The normalized spacial score (nSPS) is 25.1. The van der Waals surface area contributed by atoms with Gasteiger partial charge in [-0.05, 0) is 42.2 Å². The molecule has 2 unspecified atom stereocenters. The van der Waals surface area contributed by atoms with Crippen LogP contribution in [0.4, 0.5) is 0 Å². The Kier molecular flexibility index (Phi) is 4.42. The Bertz CT molecular complexity index is 318. The van der Waals surface area contributed by atoms with E-state index < -0.39 is 0 Å². The highest BCUT2D eigenvalue weighted by Crippen LogP contribution is 2.28. The van der Waals surface area contributed by atoms with Crippen LogP contribution in [0.2, 0.25) is 0 Å². The lowest BCUT2D eigenvalue weighted by atomic mass is 10.0. The molecule has 1 aromatic rings. The van der Waals surface area contributed by atoms with E-state index in [0.29, 0.717) is 0 Å². The van der Waals surface area contributed by atoms with Gasteiger partial charge in [0.1, 0.15) is 0 Å². The van der Waals surface area contributed by atoms with Gasteiger partial charge in [0, 0.05) is 17.5 Å². The van der Waals surface area contributed by atoms with Gasteiger partial charge in [-0.1, -0.05) is 26.7 Å². The summed E-state index contributed by atoms with van der Waals surface area (Å²) in [4.78, 5) is 1.55. The number of rotatable bonds is 5. The van der Waals surface area contributed by atoms with Crippen LogP contribution >= 0.6 is 11.3 Å². The number of aryl methyl sites for hydroxylation is 1. The van der Waals surface area contributed by atoms with E-state index in [1.54, 1.807) is 4.88 Å². The summed E-state index contributed by atoms with van der Waals surface area (Å²) in [6, 6.07) is 3.05. The Morgan fingerprint density at radius 1 is 1.38 bits per heavy atom. The molecule has 1 aliphatic rings. The van der Waals surface area contributed by atoms with Crippen LogP contribution in [0, 0.1) is 5.92 Å². The molecule has 2 rings (SSSR count). The van der Waals surface area contributed by atoms with Gasteiger partial charge < -0.3 is 5.32 Å². The fourth-order valence-electron chi connectivity index (χ4n) is 2.86. The van der Waals surface area contributed by atoms with Crippen LogP contribution in [0.3, 0.4) is 0 Å². The SMILES string of the molecule is CCc1ccsc1CNC1CCCC1CC. The van der Waals surface area contributed by atoms with E-state index >= 15 is 0 Å². The highest BCUT2D eigenvalue weighted by atomic mass is 32.1. The summed E-state index contributed by atoms with van der Waals surface area (Å²) in [5.41, 5.74) is 1.53. The molecule has 1 nitrogen and oxygen atoms in total. The molecule has 1 aromatic heterocycles. The van der Waals surface area contributed by atoms with Gasteiger partial charge in [0.25, 0.3) is 0 Å². The van der Waals surface area contributed by atoms with E-state index in [1.165, 1.54) is 37.7 Å². The third-order valence-electron chi connectivity index (χ3n) is 3.93. The fourth-order valence-corrected chi connectivity index (χ4v) is 3.78. The van der Waals surface area contributed by atoms with E-state index in [4.69, 9.17) is 0 Å². The molecule has 2 heteroatoms. The number of hydrogen-bond acceptors (Lipinski definition) is 2. The summed E-state index contributed by atoms with van der Waals surface area (Å²) < 4.78 is 0. The molecule has 0 aliphatic heterocycles. The number of thiophene rings is 1. The largest absolute Gasteiger partial charge is 0.309 e. The number of hydrogen-bond donors (Lipinski definition) is 1. The van der Waals surface area contributed by atoms with E-state index in [1.807, 2.05) is 11.3 Å². The maximum atomic E-state index is 3.77. The van der Waals surface area contributed by atoms with Crippen LogP contribution in [0.15, 0.2) is 11.4 Å². The molecule has 1 N–H and O–H groups in total. The van der Waals surface area contributed by atoms with Crippen molar-refractivity contribution in [2.45, 2.75) is 58.5 Å². The van der Waals surface area contributed by atoms with Crippen molar-refractivity contribution in [3.05, 3.63) is 21.9 Å². The quantitative estimate of drug-likeness (QED) is 0.817. The highest BCUT2D eigenvalue weighted by molar-refractivity contribution is 7.10. The first-order valence-electron chi connectivity index (χ1n) is 6.63. The predicted octanol–water partition coefficient (Wildman–Crippen LogP) is 3.98. The van der Waals surface area contributed by atoms with Gasteiger partial charge in [-0.15, -0.1) is 11.3 Å². The van der Waals surface area contributed by atoms with Crippen LogP contribution in [-0.4, -0.2) is 6.04 Å². The molecule has 0 radical (unpaired) electrons. The molecule has 16 heavy (non-hydrogen) atoms. The van der Waals surface area contributed by atoms with Crippen molar-refractivity contribution in [3.63, 3.8) is 0 Å². The Morgan fingerprint density at radius 3 is 3.00 bits per heavy atom. The average molecular weight is 237 g/mol.